The maximum Gasteiger partial charge on any atom is 0.0755 e. The topological polar surface area (TPSA) is 20.2 Å². The highest BCUT2D eigenvalue weighted by Gasteiger charge is 2.55. The zero-order valence-corrected chi connectivity index (χ0v) is 59.0. The minimum absolute atomic E-state index is 0.324. The van der Waals surface area contributed by atoms with Crippen molar-refractivity contribution in [2.24, 2.45) is 0 Å². The van der Waals surface area contributed by atoms with E-state index in [1.165, 1.54) is 172 Å². The van der Waals surface area contributed by atoms with E-state index in [2.05, 4.69) is 415 Å². The summed E-state index contributed by atoms with van der Waals surface area (Å²) in [6.07, 6.45) is 0. The molecule has 108 heavy (non-hydrogen) atoms. The molecule has 0 amide bonds. The fourth-order valence-electron chi connectivity index (χ4n) is 20.7. The first-order valence-corrected chi connectivity index (χ1v) is 37.7. The molecule has 24 rings (SSSR count). The molecule has 3 spiro atoms. The second-order valence-corrected chi connectivity index (χ2v) is 29.6. The first-order chi connectivity index (χ1) is 53.6. The summed E-state index contributed by atoms with van der Waals surface area (Å²) in [5.74, 6) is 0. The summed E-state index contributed by atoms with van der Waals surface area (Å²) in [4.78, 5) is 2.55. The van der Waals surface area contributed by atoms with Gasteiger partial charge in [-0.05, 0) is 194 Å². The summed E-state index contributed by atoms with van der Waals surface area (Å²) in [6.45, 7) is 0. The van der Waals surface area contributed by atoms with Gasteiger partial charge in [0.05, 0.1) is 38.7 Å². The van der Waals surface area contributed by atoms with Crippen LogP contribution in [0.2, 0.25) is 0 Å². The molecule has 2 heterocycles. The van der Waals surface area contributed by atoms with Gasteiger partial charge in [-0.1, -0.05) is 340 Å². The third-order valence-electron chi connectivity index (χ3n) is 24.7. The summed E-state index contributed by atoms with van der Waals surface area (Å²) in [7, 11) is 0. The Bertz CT molecular complexity index is 6690. The molecule has 1 N–H and O–H groups in total. The second-order valence-electron chi connectivity index (χ2n) is 29.6. The first kappa shape index (κ1) is 60.5. The molecular formula is C105H67N3. The van der Waals surface area contributed by atoms with Crippen LogP contribution in [-0.4, -0.2) is 4.57 Å². The van der Waals surface area contributed by atoms with Crippen molar-refractivity contribution in [2.75, 3.05) is 10.2 Å². The van der Waals surface area contributed by atoms with E-state index < -0.39 is 10.8 Å². The van der Waals surface area contributed by atoms with E-state index in [0.717, 1.165) is 28.4 Å². The van der Waals surface area contributed by atoms with Gasteiger partial charge >= 0.3 is 0 Å². The molecule has 0 saturated carbocycles. The Kier molecular flexibility index (Phi) is 12.9. The van der Waals surface area contributed by atoms with Gasteiger partial charge in [0.25, 0.3) is 0 Å². The SMILES string of the molecule is c1ccc(-c2ccccc2N(c2ccc3c(c2)C2(c4ccccc4-c4ccccc42)c2ccccc2-3)c2ccc3c(c2)C2(c4ccccc4-3)c3ccccc3-n3c4ccccc4c4cccc2c43)cc1.c1ccc(-c2ccccc2Nc2ccc3c(c2)C2(c4ccccc4-c4ccccc42)c2ccccc2-3)cc1. The lowest BCUT2D eigenvalue weighted by Crippen LogP contribution is -2.33. The van der Waals surface area contributed by atoms with Gasteiger partial charge in [0.1, 0.15) is 0 Å². The predicted molar refractivity (Wildman–Crippen MR) is 446 cm³/mol. The Hall–Kier alpha value is -13.9. The fourth-order valence-corrected chi connectivity index (χ4v) is 20.7. The number of hydrogen-bond acceptors (Lipinski definition) is 2. The Labute approximate surface area is 627 Å². The van der Waals surface area contributed by atoms with Crippen LogP contribution in [0, 0.1) is 0 Å². The largest absolute Gasteiger partial charge is 0.355 e. The van der Waals surface area contributed by atoms with Crippen molar-refractivity contribution >= 4 is 50.2 Å². The van der Waals surface area contributed by atoms with Crippen molar-refractivity contribution in [3.05, 3.63) is 467 Å². The highest BCUT2D eigenvalue weighted by Crippen LogP contribution is 2.67. The lowest BCUT2D eigenvalue weighted by atomic mass is 9.65. The summed E-state index contributed by atoms with van der Waals surface area (Å²) < 4.78 is 2.53. The molecule has 3 heteroatoms. The third-order valence-corrected chi connectivity index (χ3v) is 24.7. The molecular weight excluding hydrogens is 1300 g/mol. The van der Waals surface area contributed by atoms with Crippen LogP contribution < -0.4 is 10.2 Å². The summed E-state index contributed by atoms with van der Waals surface area (Å²) in [5.41, 5.74) is 41.8. The van der Waals surface area contributed by atoms with Crippen molar-refractivity contribution in [1.29, 1.82) is 0 Å². The van der Waals surface area contributed by atoms with Crippen molar-refractivity contribution in [1.82, 2.24) is 4.57 Å². The molecule has 0 fully saturated rings. The molecule has 3 nitrogen and oxygen atoms in total. The molecule has 502 valence electrons. The van der Waals surface area contributed by atoms with Crippen LogP contribution in [0.1, 0.15) is 66.8 Å². The molecule has 0 radical (unpaired) electrons. The van der Waals surface area contributed by atoms with E-state index in [4.69, 9.17) is 0 Å². The van der Waals surface area contributed by atoms with Gasteiger partial charge in [-0.15, -0.1) is 0 Å². The van der Waals surface area contributed by atoms with Gasteiger partial charge in [0, 0.05) is 44.6 Å². The zero-order valence-electron chi connectivity index (χ0n) is 59.0. The summed E-state index contributed by atoms with van der Waals surface area (Å²) in [6, 6.07) is 149. The smallest absolute Gasteiger partial charge is 0.0755 e. The molecule has 17 aromatic carbocycles. The standard InChI is InChI=1S/C68H42N2.C37H25N/c1-2-19-43(20-3-1)46-21-8-15-34-63(46)69(44-37-39-51-49-24-6-12-30-57(49)67(61(51)41-44)55-28-10-4-22-47(55)48-23-5-11-29-56(48)67)45-38-40-52-50-25-7-13-31-58(50)68(62(52)42-45)59-32-14-17-36-65(59)70-64-35-16-9-26-53(64)54-27-18-33-60(68)66(54)70;1-2-12-25(13-3-1)27-14-7-11-21-36(27)38-26-22-23-31-30-17-6-10-20-34(30)37(35(31)24-26)32-18-8-4-15-28(32)29-16-5-9-19-33(29)37/h1-42H;1-24,38H. The van der Waals surface area contributed by atoms with Crippen LogP contribution in [0.15, 0.2) is 400 Å². The number of fused-ring (bicyclic) bond motifs is 32. The molecule has 1 atom stereocenters. The summed E-state index contributed by atoms with van der Waals surface area (Å²) in [5, 5.41) is 6.34. The highest BCUT2D eigenvalue weighted by atomic mass is 15.1. The minimum Gasteiger partial charge on any atom is -0.355 e. The number of aromatic nitrogens is 1. The molecule has 1 aromatic heterocycles. The van der Waals surface area contributed by atoms with Gasteiger partial charge in [-0.2, -0.15) is 0 Å². The Morgan fingerprint density at radius 2 is 0.565 bits per heavy atom. The summed E-state index contributed by atoms with van der Waals surface area (Å²) >= 11 is 0. The number of nitrogens with zero attached hydrogens (tertiary/aromatic N) is 2. The average Bonchev–Trinajstić information content (AvgIpc) is 1.48. The minimum atomic E-state index is -0.589. The van der Waals surface area contributed by atoms with Gasteiger partial charge in [-0.3, -0.25) is 0 Å². The average molecular weight is 1370 g/mol. The number of hydrogen-bond donors (Lipinski definition) is 1. The maximum atomic E-state index is 3.78. The monoisotopic (exact) mass is 1370 g/mol. The maximum absolute atomic E-state index is 3.78. The van der Waals surface area contributed by atoms with E-state index in [9.17, 15) is 0 Å². The van der Waals surface area contributed by atoms with Crippen molar-refractivity contribution in [3.63, 3.8) is 0 Å². The normalized spacial score (nSPS) is 14.9. The molecule has 6 aliphatic rings. The van der Waals surface area contributed by atoms with E-state index in [-0.39, 0.29) is 5.41 Å². The number of benzene rings is 17. The molecule has 5 aliphatic carbocycles. The van der Waals surface area contributed by atoms with Gasteiger partial charge < -0.3 is 14.8 Å². The third kappa shape index (κ3) is 8.06. The number of para-hydroxylation sites is 5. The van der Waals surface area contributed by atoms with Crippen LogP contribution >= 0.6 is 0 Å². The second kappa shape index (κ2) is 23.1. The number of rotatable bonds is 7. The van der Waals surface area contributed by atoms with E-state index >= 15 is 0 Å². The van der Waals surface area contributed by atoms with E-state index in [1.54, 1.807) is 0 Å². The predicted octanol–water partition coefficient (Wildman–Crippen LogP) is 26.4. The van der Waals surface area contributed by atoms with Crippen molar-refractivity contribution in [2.45, 2.75) is 16.2 Å². The molecule has 18 aromatic rings. The number of anilines is 5. The highest BCUT2D eigenvalue weighted by molar-refractivity contribution is 6.13. The Morgan fingerprint density at radius 3 is 1.06 bits per heavy atom. The zero-order chi connectivity index (χ0) is 70.8. The Morgan fingerprint density at radius 1 is 0.222 bits per heavy atom. The van der Waals surface area contributed by atoms with E-state index in [0.29, 0.717) is 0 Å². The van der Waals surface area contributed by atoms with Gasteiger partial charge in [0.2, 0.25) is 0 Å². The van der Waals surface area contributed by atoms with Crippen LogP contribution in [0.3, 0.4) is 0 Å². The Balaban J connectivity index is 0.000000156. The molecule has 1 aliphatic heterocycles. The van der Waals surface area contributed by atoms with Crippen LogP contribution in [0.25, 0.3) is 105 Å². The van der Waals surface area contributed by atoms with Crippen LogP contribution in [-0.2, 0) is 16.2 Å². The fraction of sp³-hybridized carbons (Fsp3) is 0.0286. The molecule has 0 saturated heterocycles. The van der Waals surface area contributed by atoms with Crippen LogP contribution in [0.4, 0.5) is 28.4 Å². The van der Waals surface area contributed by atoms with Crippen molar-refractivity contribution in [3.8, 4) is 83.6 Å². The van der Waals surface area contributed by atoms with Crippen LogP contribution in [0.5, 0.6) is 0 Å². The lowest BCUT2D eigenvalue weighted by molar-refractivity contribution is 0.748. The number of nitrogens with one attached hydrogen (secondary N) is 1. The van der Waals surface area contributed by atoms with Crippen molar-refractivity contribution < 1.29 is 0 Å². The molecule has 0 bridgehead atoms. The first-order valence-electron chi connectivity index (χ1n) is 37.7. The quantitative estimate of drug-likeness (QED) is 0.172. The van der Waals surface area contributed by atoms with Gasteiger partial charge in [0.15, 0.2) is 0 Å². The van der Waals surface area contributed by atoms with E-state index in [1.807, 2.05) is 0 Å². The lowest BCUT2D eigenvalue weighted by Gasteiger charge is -2.40. The van der Waals surface area contributed by atoms with Gasteiger partial charge in [-0.25, -0.2) is 0 Å². The molecule has 1 unspecified atom stereocenters.